The van der Waals surface area contributed by atoms with Gasteiger partial charge in [-0.25, -0.2) is 8.42 Å². The minimum atomic E-state index is -3.19. The Morgan fingerprint density at radius 2 is 1.80 bits per heavy atom. The molecule has 0 heterocycles. The highest BCUT2D eigenvalue weighted by molar-refractivity contribution is 9.09. The van der Waals surface area contributed by atoms with Crippen LogP contribution in [0, 0.1) is 0 Å². The SMILES string of the molecule is CS(=O)(=O)CC(=O)NCCCCCCBr. The largest absolute Gasteiger partial charge is 0.355 e. The van der Waals surface area contributed by atoms with Crippen molar-refractivity contribution in [1.29, 1.82) is 0 Å². The highest BCUT2D eigenvalue weighted by atomic mass is 79.9. The van der Waals surface area contributed by atoms with Gasteiger partial charge in [0.15, 0.2) is 9.84 Å². The smallest absolute Gasteiger partial charge is 0.235 e. The van der Waals surface area contributed by atoms with Crippen molar-refractivity contribution in [2.45, 2.75) is 25.7 Å². The van der Waals surface area contributed by atoms with Gasteiger partial charge in [0.05, 0.1) is 0 Å². The molecule has 0 aromatic rings. The number of nitrogens with one attached hydrogen (secondary N) is 1. The van der Waals surface area contributed by atoms with Gasteiger partial charge < -0.3 is 5.32 Å². The van der Waals surface area contributed by atoms with Crippen LogP contribution in [0.15, 0.2) is 0 Å². The van der Waals surface area contributed by atoms with Crippen molar-refractivity contribution in [3.05, 3.63) is 0 Å². The number of hydrogen-bond acceptors (Lipinski definition) is 3. The van der Waals surface area contributed by atoms with Crippen molar-refractivity contribution in [2.75, 3.05) is 23.9 Å². The van der Waals surface area contributed by atoms with Crippen molar-refractivity contribution < 1.29 is 13.2 Å². The fraction of sp³-hybridized carbons (Fsp3) is 0.889. The molecular weight excluding hydrogens is 282 g/mol. The lowest BCUT2D eigenvalue weighted by atomic mass is 10.2. The summed E-state index contributed by atoms with van der Waals surface area (Å²) >= 11 is 3.34. The summed E-state index contributed by atoms with van der Waals surface area (Å²) in [6.07, 6.45) is 5.29. The number of sulfone groups is 1. The van der Waals surface area contributed by atoms with Crippen LogP contribution in [0.1, 0.15) is 25.7 Å². The van der Waals surface area contributed by atoms with Gasteiger partial charge in [-0.05, 0) is 12.8 Å². The lowest BCUT2D eigenvalue weighted by Crippen LogP contribution is -2.30. The van der Waals surface area contributed by atoms with Gasteiger partial charge in [-0.2, -0.15) is 0 Å². The normalized spacial score (nSPS) is 11.3. The van der Waals surface area contributed by atoms with Crippen LogP contribution < -0.4 is 5.32 Å². The van der Waals surface area contributed by atoms with Gasteiger partial charge in [0, 0.05) is 18.1 Å². The average Bonchev–Trinajstić information content (AvgIpc) is 2.08. The van der Waals surface area contributed by atoms with Crippen LogP contribution in [-0.4, -0.2) is 38.2 Å². The van der Waals surface area contributed by atoms with Crippen molar-refractivity contribution in [2.24, 2.45) is 0 Å². The number of hydrogen-bond donors (Lipinski definition) is 1. The quantitative estimate of drug-likeness (QED) is 0.539. The summed E-state index contributed by atoms with van der Waals surface area (Å²) in [5, 5.41) is 3.59. The summed E-state index contributed by atoms with van der Waals surface area (Å²) in [6, 6.07) is 0. The molecule has 0 aliphatic heterocycles. The molecule has 6 heteroatoms. The average molecular weight is 300 g/mol. The standard InChI is InChI=1S/C9H18BrNO3S/c1-15(13,14)8-9(12)11-7-5-3-2-4-6-10/h2-8H2,1H3,(H,11,12). The molecule has 0 unspecified atom stereocenters. The first kappa shape index (κ1) is 14.9. The van der Waals surface area contributed by atoms with Crippen LogP contribution in [-0.2, 0) is 14.6 Å². The summed E-state index contributed by atoms with van der Waals surface area (Å²) in [4.78, 5) is 11.0. The monoisotopic (exact) mass is 299 g/mol. The van der Waals surface area contributed by atoms with E-state index in [0.717, 1.165) is 37.3 Å². The first-order valence-corrected chi connectivity index (χ1v) is 8.14. The fourth-order valence-corrected chi connectivity index (χ4v) is 2.06. The van der Waals surface area contributed by atoms with Crippen LogP contribution in [0.2, 0.25) is 0 Å². The summed E-state index contributed by atoms with van der Waals surface area (Å²) in [5.41, 5.74) is 0. The van der Waals surface area contributed by atoms with E-state index in [1.807, 2.05) is 0 Å². The molecule has 0 aromatic heterocycles. The van der Waals surface area contributed by atoms with Crippen molar-refractivity contribution in [1.82, 2.24) is 5.32 Å². The van der Waals surface area contributed by atoms with E-state index >= 15 is 0 Å². The van der Waals surface area contributed by atoms with Crippen molar-refractivity contribution in [3.8, 4) is 0 Å². The van der Waals surface area contributed by atoms with Gasteiger partial charge in [0.2, 0.25) is 5.91 Å². The predicted octanol–water partition coefficient (Wildman–Crippen LogP) is 1.10. The zero-order valence-corrected chi connectivity index (χ0v) is 11.4. The van der Waals surface area contributed by atoms with E-state index in [4.69, 9.17) is 0 Å². The fourth-order valence-electron chi connectivity index (χ4n) is 1.09. The Morgan fingerprint density at radius 1 is 1.20 bits per heavy atom. The number of rotatable bonds is 8. The van der Waals surface area contributed by atoms with E-state index in [1.165, 1.54) is 0 Å². The molecule has 0 aromatic carbocycles. The number of carbonyl (C=O) groups is 1. The van der Waals surface area contributed by atoms with Gasteiger partial charge >= 0.3 is 0 Å². The zero-order valence-electron chi connectivity index (χ0n) is 8.96. The molecule has 0 aliphatic carbocycles. The number of unbranched alkanes of at least 4 members (excludes halogenated alkanes) is 3. The Kier molecular flexibility index (Phi) is 8.04. The Labute approximate surface area is 99.9 Å². The maximum atomic E-state index is 11.0. The Bertz CT molecular complexity index is 277. The second-order valence-electron chi connectivity index (χ2n) is 3.52. The molecule has 4 nitrogen and oxygen atoms in total. The van der Waals surface area contributed by atoms with Gasteiger partial charge in [0.1, 0.15) is 5.75 Å². The number of carbonyl (C=O) groups excluding carboxylic acids is 1. The molecule has 1 N–H and O–H groups in total. The first-order chi connectivity index (χ1) is 6.95. The summed E-state index contributed by atoms with van der Waals surface area (Å²) in [6.45, 7) is 0.566. The van der Waals surface area contributed by atoms with E-state index in [-0.39, 0.29) is 0 Å². The molecule has 0 radical (unpaired) electrons. The van der Waals surface area contributed by atoms with E-state index in [0.29, 0.717) is 6.54 Å². The molecule has 0 rings (SSSR count). The zero-order chi connectivity index (χ0) is 11.7. The maximum absolute atomic E-state index is 11.0. The van der Waals surface area contributed by atoms with Gasteiger partial charge in [0.25, 0.3) is 0 Å². The lowest BCUT2D eigenvalue weighted by molar-refractivity contribution is -0.118. The minimum absolute atomic E-state index is 0.405. The number of amides is 1. The van der Waals surface area contributed by atoms with Crippen LogP contribution in [0.3, 0.4) is 0 Å². The molecule has 0 aliphatic rings. The lowest BCUT2D eigenvalue weighted by Gasteiger charge is -2.03. The molecule has 0 saturated heterocycles. The molecule has 1 amide bonds. The Balaban J connectivity index is 3.40. The maximum Gasteiger partial charge on any atom is 0.235 e. The summed E-state index contributed by atoms with van der Waals surface area (Å²) in [7, 11) is -3.19. The third kappa shape index (κ3) is 11.8. The summed E-state index contributed by atoms with van der Waals surface area (Å²) in [5.74, 6) is -0.813. The molecule has 0 bridgehead atoms. The topological polar surface area (TPSA) is 63.2 Å². The van der Waals surface area contributed by atoms with E-state index in [2.05, 4.69) is 21.2 Å². The molecular formula is C9H18BrNO3S. The van der Waals surface area contributed by atoms with Crippen molar-refractivity contribution >= 4 is 31.7 Å². The summed E-state index contributed by atoms with van der Waals surface area (Å²) < 4.78 is 21.5. The third-order valence-corrected chi connectivity index (χ3v) is 3.12. The van der Waals surface area contributed by atoms with Crippen LogP contribution in [0.25, 0.3) is 0 Å². The first-order valence-electron chi connectivity index (χ1n) is 4.96. The van der Waals surface area contributed by atoms with E-state index < -0.39 is 21.5 Å². The highest BCUT2D eigenvalue weighted by Gasteiger charge is 2.09. The second-order valence-corrected chi connectivity index (χ2v) is 6.46. The van der Waals surface area contributed by atoms with Crippen molar-refractivity contribution in [3.63, 3.8) is 0 Å². The highest BCUT2D eigenvalue weighted by Crippen LogP contribution is 2.00. The molecule has 15 heavy (non-hydrogen) atoms. The van der Waals surface area contributed by atoms with E-state index in [9.17, 15) is 13.2 Å². The minimum Gasteiger partial charge on any atom is -0.355 e. The van der Waals surface area contributed by atoms with Crippen LogP contribution in [0.4, 0.5) is 0 Å². The van der Waals surface area contributed by atoms with Gasteiger partial charge in [-0.1, -0.05) is 28.8 Å². The molecule has 0 spiro atoms. The second kappa shape index (κ2) is 8.10. The number of halogens is 1. The Hall–Kier alpha value is -0.100. The third-order valence-electron chi connectivity index (χ3n) is 1.78. The molecule has 0 atom stereocenters. The molecule has 0 saturated carbocycles. The van der Waals surface area contributed by atoms with Crippen LogP contribution >= 0.6 is 15.9 Å². The Morgan fingerprint density at radius 3 is 2.33 bits per heavy atom. The van der Waals surface area contributed by atoms with Gasteiger partial charge in [-0.15, -0.1) is 0 Å². The van der Waals surface area contributed by atoms with E-state index in [1.54, 1.807) is 0 Å². The molecule has 0 fully saturated rings. The van der Waals surface area contributed by atoms with Crippen LogP contribution in [0.5, 0.6) is 0 Å². The predicted molar refractivity (Wildman–Crippen MR) is 65.0 cm³/mol. The number of alkyl halides is 1. The van der Waals surface area contributed by atoms with Gasteiger partial charge in [-0.3, -0.25) is 4.79 Å². The molecule has 90 valence electrons.